The van der Waals surface area contributed by atoms with Crippen LogP contribution >= 0.6 is 0 Å². The number of carbonyl (C=O) groups is 1. The van der Waals surface area contributed by atoms with E-state index >= 15 is 0 Å². The van der Waals surface area contributed by atoms with Crippen molar-refractivity contribution in [1.82, 2.24) is 20.1 Å². The second-order valence-electron chi connectivity index (χ2n) is 10.1. The molecular weight excluding hydrogens is 484 g/mol. The monoisotopic (exact) mass is 517 g/mol. The Kier molecular flexibility index (Phi) is 7.99. The van der Waals surface area contributed by atoms with Gasteiger partial charge in [0.1, 0.15) is 11.4 Å². The minimum Gasteiger partial charge on any atom is -0.497 e. The molecule has 4 rings (SSSR count). The van der Waals surface area contributed by atoms with E-state index in [1.807, 2.05) is 45.0 Å². The summed E-state index contributed by atoms with van der Waals surface area (Å²) in [7, 11) is 1.59. The minimum atomic E-state index is -3.00. The van der Waals surface area contributed by atoms with Crippen LogP contribution in [0.25, 0.3) is 11.0 Å². The Labute approximate surface area is 214 Å². The normalized spacial score (nSPS) is 18.0. The van der Waals surface area contributed by atoms with Crippen molar-refractivity contribution in [3.8, 4) is 11.6 Å². The van der Waals surface area contributed by atoms with Gasteiger partial charge in [-0.05, 0) is 70.2 Å². The lowest BCUT2D eigenvalue weighted by Crippen LogP contribution is -2.42. The van der Waals surface area contributed by atoms with Crippen molar-refractivity contribution in [2.24, 2.45) is 0 Å². The van der Waals surface area contributed by atoms with Gasteiger partial charge in [0.15, 0.2) is 5.65 Å². The molecule has 0 spiro atoms. The molecule has 1 amide bonds. The van der Waals surface area contributed by atoms with Crippen LogP contribution in [0, 0.1) is 0 Å². The first-order chi connectivity index (χ1) is 17.6. The Hall–Kier alpha value is -3.63. The highest BCUT2D eigenvalue weighted by Gasteiger charge is 2.25. The van der Waals surface area contributed by atoms with Crippen molar-refractivity contribution in [1.29, 1.82) is 0 Å². The summed E-state index contributed by atoms with van der Waals surface area (Å²) in [5.41, 5.74) is 1.51. The number of halogens is 2. The molecular formula is C26H33F2N5O4. The highest BCUT2D eigenvalue weighted by atomic mass is 19.3. The number of carbonyl (C=O) groups excluding carboxylic acids is 1. The first-order valence-corrected chi connectivity index (χ1v) is 12.3. The zero-order chi connectivity index (χ0) is 26.6. The molecule has 1 aromatic carbocycles. The average Bonchev–Trinajstić information content (AvgIpc) is 3.15. The van der Waals surface area contributed by atoms with Crippen molar-refractivity contribution >= 4 is 22.8 Å². The SMILES string of the molecule is COc1ccc(Cn2nc(OC(F)F)c3cc(NC4CCC(NC(=O)OC(C)(C)C)CC4)cnc32)cc1. The van der Waals surface area contributed by atoms with E-state index in [-0.39, 0.29) is 18.0 Å². The zero-order valence-corrected chi connectivity index (χ0v) is 21.5. The van der Waals surface area contributed by atoms with E-state index in [0.29, 0.717) is 23.3 Å². The van der Waals surface area contributed by atoms with Crippen LogP contribution < -0.4 is 20.1 Å². The number of ether oxygens (including phenoxy) is 3. The molecule has 11 heteroatoms. The van der Waals surface area contributed by atoms with E-state index in [0.717, 1.165) is 37.0 Å². The maximum atomic E-state index is 13.1. The molecule has 0 bridgehead atoms. The minimum absolute atomic E-state index is 0.0516. The van der Waals surface area contributed by atoms with Crippen molar-refractivity contribution < 1.29 is 27.8 Å². The second kappa shape index (κ2) is 11.2. The van der Waals surface area contributed by atoms with Gasteiger partial charge in [-0.1, -0.05) is 12.1 Å². The average molecular weight is 518 g/mol. The molecule has 2 aromatic heterocycles. The number of hydrogen-bond donors (Lipinski definition) is 2. The van der Waals surface area contributed by atoms with E-state index in [4.69, 9.17) is 14.2 Å². The topological polar surface area (TPSA) is 99.5 Å². The van der Waals surface area contributed by atoms with Crippen LogP contribution in [-0.4, -0.2) is 52.3 Å². The van der Waals surface area contributed by atoms with Gasteiger partial charge in [-0.3, -0.25) is 0 Å². The lowest BCUT2D eigenvalue weighted by Gasteiger charge is -2.31. The number of anilines is 1. The Morgan fingerprint density at radius 1 is 1.14 bits per heavy atom. The number of benzene rings is 1. The fraction of sp³-hybridized carbons (Fsp3) is 0.500. The summed E-state index contributed by atoms with van der Waals surface area (Å²) >= 11 is 0. The molecule has 1 saturated carbocycles. The number of aromatic nitrogens is 3. The number of methoxy groups -OCH3 is 1. The standard InChI is InChI=1S/C26H33F2N5O4/c1-26(2,3)37-25(34)31-18-9-7-17(8-10-18)30-19-13-21-22(29-14-19)33(32-23(21)36-24(27)28)15-16-5-11-20(35-4)12-6-16/h5-6,11-14,17-18,24,30H,7-10,15H2,1-4H3,(H,31,34). The van der Waals surface area contributed by atoms with Crippen LogP contribution in [0.5, 0.6) is 11.6 Å². The number of alkyl carbamates (subject to hydrolysis) is 1. The fourth-order valence-corrected chi connectivity index (χ4v) is 4.39. The van der Waals surface area contributed by atoms with Gasteiger partial charge in [0.05, 0.1) is 30.9 Å². The molecule has 0 aliphatic heterocycles. The Morgan fingerprint density at radius 2 is 1.81 bits per heavy atom. The predicted octanol–water partition coefficient (Wildman–Crippen LogP) is 5.34. The highest BCUT2D eigenvalue weighted by molar-refractivity contribution is 5.84. The van der Waals surface area contributed by atoms with Gasteiger partial charge in [0, 0.05) is 12.1 Å². The molecule has 2 N–H and O–H groups in total. The molecule has 2 heterocycles. The summed E-state index contributed by atoms with van der Waals surface area (Å²) in [5.74, 6) is 0.555. The van der Waals surface area contributed by atoms with Gasteiger partial charge in [-0.25, -0.2) is 14.5 Å². The van der Waals surface area contributed by atoms with Gasteiger partial charge in [0.25, 0.3) is 0 Å². The molecule has 1 aliphatic rings. The van der Waals surface area contributed by atoms with Crippen molar-refractivity contribution in [2.45, 2.75) is 77.3 Å². The number of rotatable bonds is 8. The molecule has 37 heavy (non-hydrogen) atoms. The van der Waals surface area contributed by atoms with Crippen molar-refractivity contribution in [2.75, 3.05) is 12.4 Å². The molecule has 1 fully saturated rings. The fourth-order valence-electron chi connectivity index (χ4n) is 4.39. The summed E-state index contributed by atoms with van der Waals surface area (Å²) in [6, 6.07) is 9.35. The number of amides is 1. The third-order valence-electron chi connectivity index (χ3n) is 6.06. The van der Waals surface area contributed by atoms with Crippen LogP contribution in [0.15, 0.2) is 36.5 Å². The van der Waals surface area contributed by atoms with Crippen LogP contribution in [0.3, 0.4) is 0 Å². The number of alkyl halides is 2. The molecule has 0 atom stereocenters. The van der Waals surface area contributed by atoms with Crippen LogP contribution in [0.2, 0.25) is 0 Å². The van der Waals surface area contributed by atoms with Crippen molar-refractivity contribution in [3.05, 3.63) is 42.1 Å². The summed E-state index contributed by atoms with van der Waals surface area (Å²) in [6.45, 7) is 2.83. The molecule has 0 radical (unpaired) electrons. The smallest absolute Gasteiger partial charge is 0.407 e. The number of pyridine rings is 1. The first-order valence-electron chi connectivity index (χ1n) is 12.3. The number of fused-ring (bicyclic) bond motifs is 1. The van der Waals surface area contributed by atoms with E-state index in [1.165, 1.54) is 0 Å². The van der Waals surface area contributed by atoms with Crippen molar-refractivity contribution in [3.63, 3.8) is 0 Å². The van der Waals surface area contributed by atoms with Crippen LogP contribution in [0.4, 0.5) is 19.3 Å². The summed E-state index contributed by atoms with van der Waals surface area (Å²) in [4.78, 5) is 16.6. The maximum absolute atomic E-state index is 13.1. The van der Waals surface area contributed by atoms with Gasteiger partial charge in [-0.2, -0.15) is 8.78 Å². The molecule has 3 aromatic rings. The zero-order valence-electron chi connectivity index (χ0n) is 21.5. The van der Waals surface area contributed by atoms with Gasteiger partial charge in [0.2, 0.25) is 5.88 Å². The molecule has 0 saturated heterocycles. The number of nitrogens with zero attached hydrogens (tertiary/aromatic N) is 3. The number of nitrogens with one attached hydrogen (secondary N) is 2. The van der Waals surface area contributed by atoms with Gasteiger partial charge >= 0.3 is 12.7 Å². The lowest BCUT2D eigenvalue weighted by molar-refractivity contribution is -0.0522. The largest absolute Gasteiger partial charge is 0.497 e. The number of hydrogen-bond acceptors (Lipinski definition) is 7. The quantitative estimate of drug-likeness (QED) is 0.416. The first kappa shape index (κ1) is 26.4. The van der Waals surface area contributed by atoms with Gasteiger partial charge in [-0.15, -0.1) is 5.10 Å². The van der Waals surface area contributed by atoms with E-state index in [9.17, 15) is 13.6 Å². The predicted molar refractivity (Wildman–Crippen MR) is 135 cm³/mol. The Bertz CT molecular complexity index is 1200. The summed E-state index contributed by atoms with van der Waals surface area (Å²) in [6.07, 6.45) is 4.52. The van der Waals surface area contributed by atoms with E-state index < -0.39 is 18.3 Å². The lowest BCUT2D eigenvalue weighted by atomic mass is 9.91. The third kappa shape index (κ3) is 7.21. The Morgan fingerprint density at radius 3 is 2.43 bits per heavy atom. The third-order valence-corrected chi connectivity index (χ3v) is 6.06. The van der Waals surface area contributed by atoms with Gasteiger partial charge < -0.3 is 24.8 Å². The summed E-state index contributed by atoms with van der Waals surface area (Å²) < 4.78 is 43.0. The molecule has 9 nitrogen and oxygen atoms in total. The highest BCUT2D eigenvalue weighted by Crippen LogP contribution is 2.30. The second-order valence-corrected chi connectivity index (χ2v) is 10.1. The molecule has 1 aliphatic carbocycles. The van der Waals surface area contributed by atoms with E-state index in [1.54, 1.807) is 24.1 Å². The molecule has 200 valence electrons. The Balaban J connectivity index is 1.43. The maximum Gasteiger partial charge on any atom is 0.407 e. The van der Waals surface area contributed by atoms with E-state index in [2.05, 4.69) is 20.7 Å². The molecule has 0 unspecified atom stereocenters. The summed E-state index contributed by atoms with van der Waals surface area (Å²) in [5, 5.41) is 11.0. The van der Waals surface area contributed by atoms with Crippen LogP contribution in [0.1, 0.15) is 52.0 Å². The van der Waals surface area contributed by atoms with Crippen LogP contribution in [-0.2, 0) is 11.3 Å².